The molecule has 1 heterocycles. The number of nitrogens with one attached hydrogen (secondary N) is 1. The predicted molar refractivity (Wildman–Crippen MR) is 56.0 cm³/mol. The van der Waals surface area contributed by atoms with Gasteiger partial charge in [0, 0.05) is 19.6 Å². The second-order valence-electron chi connectivity index (χ2n) is 4.25. The molecule has 0 saturated carbocycles. The van der Waals surface area contributed by atoms with Gasteiger partial charge in [-0.3, -0.25) is 4.79 Å². The van der Waals surface area contributed by atoms with E-state index in [4.69, 9.17) is 0 Å². The SMILES string of the molecule is CN1CCC(NC2CC=CCC2)C1=O. The second kappa shape index (κ2) is 4.13. The summed E-state index contributed by atoms with van der Waals surface area (Å²) in [4.78, 5) is 13.4. The van der Waals surface area contributed by atoms with Crippen LogP contribution >= 0.6 is 0 Å². The van der Waals surface area contributed by atoms with E-state index in [1.807, 2.05) is 11.9 Å². The Morgan fingerprint density at radius 1 is 1.43 bits per heavy atom. The van der Waals surface area contributed by atoms with Crippen LogP contribution in [-0.4, -0.2) is 36.5 Å². The molecule has 1 saturated heterocycles. The maximum Gasteiger partial charge on any atom is 0.239 e. The molecule has 2 unspecified atom stereocenters. The smallest absolute Gasteiger partial charge is 0.239 e. The van der Waals surface area contributed by atoms with Crippen LogP contribution in [-0.2, 0) is 4.79 Å². The van der Waals surface area contributed by atoms with Crippen molar-refractivity contribution < 1.29 is 4.79 Å². The van der Waals surface area contributed by atoms with Gasteiger partial charge in [0.2, 0.25) is 5.91 Å². The summed E-state index contributed by atoms with van der Waals surface area (Å²) < 4.78 is 0. The number of allylic oxidation sites excluding steroid dienone is 1. The van der Waals surface area contributed by atoms with Gasteiger partial charge in [-0.05, 0) is 25.7 Å². The molecule has 1 amide bonds. The highest BCUT2D eigenvalue weighted by atomic mass is 16.2. The van der Waals surface area contributed by atoms with E-state index in [9.17, 15) is 4.79 Å². The van der Waals surface area contributed by atoms with Crippen molar-refractivity contribution in [2.45, 2.75) is 37.8 Å². The van der Waals surface area contributed by atoms with E-state index in [-0.39, 0.29) is 11.9 Å². The molecule has 14 heavy (non-hydrogen) atoms. The minimum atomic E-state index is 0.0801. The zero-order chi connectivity index (χ0) is 9.97. The van der Waals surface area contributed by atoms with Crippen molar-refractivity contribution in [3.8, 4) is 0 Å². The third kappa shape index (κ3) is 1.98. The van der Waals surface area contributed by atoms with Crippen LogP contribution in [0.3, 0.4) is 0 Å². The summed E-state index contributed by atoms with van der Waals surface area (Å²) >= 11 is 0. The van der Waals surface area contributed by atoms with E-state index in [1.165, 1.54) is 6.42 Å². The molecule has 78 valence electrons. The third-order valence-corrected chi connectivity index (χ3v) is 3.13. The minimum Gasteiger partial charge on any atom is -0.344 e. The molecule has 3 heteroatoms. The van der Waals surface area contributed by atoms with Gasteiger partial charge < -0.3 is 10.2 Å². The molecule has 1 fully saturated rings. The summed E-state index contributed by atoms with van der Waals surface area (Å²) in [5.74, 6) is 0.263. The molecule has 0 aromatic carbocycles. The van der Waals surface area contributed by atoms with Gasteiger partial charge in [-0.1, -0.05) is 12.2 Å². The predicted octanol–water partition coefficient (Wildman–Crippen LogP) is 0.915. The van der Waals surface area contributed by atoms with E-state index in [0.29, 0.717) is 6.04 Å². The van der Waals surface area contributed by atoms with Gasteiger partial charge in [-0.25, -0.2) is 0 Å². The maximum atomic E-state index is 11.6. The van der Waals surface area contributed by atoms with Crippen molar-refractivity contribution in [1.29, 1.82) is 0 Å². The number of hydrogen-bond donors (Lipinski definition) is 1. The highest BCUT2D eigenvalue weighted by molar-refractivity contribution is 5.83. The molecule has 0 radical (unpaired) electrons. The number of likely N-dealkylation sites (tertiary alicyclic amines) is 1. The minimum absolute atomic E-state index is 0.0801. The number of hydrogen-bond acceptors (Lipinski definition) is 2. The monoisotopic (exact) mass is 194 g/mol. The van der Waals surface area contributed by atoms with Crippen molar-refractivity contribution in [2.75, 3.05) is 13.6 Å². The Kier molecular flexibility index (Phi) is 2.87. The van der Waals surface area contributed by atoms with Crippen LogP contribution in [0, 0.1) is 0 Å². The summed E-state index contributed by atoms with van der Waals surface area (Å²) in [6.45, 7) is 0.902. The number of rotatable bonds is 2. The molecule has 0 aromatic rings. The molecule has 0 bridgehead atoms. The number of carbonyl (C=O) groups is 1. The molecule has 0 spiro atoms. The summed E-state index contributed by atoms with van der Waals surface area (Å²) in [5, 5.41) is 3.46. The number of nitrogens with zero attached hydrogens (tertiary/aromatic N) is 1. The Bertz CT molecular complexity index is 250. The van der Waals surface area contributed by atoms with E-state index in [2.05, 4.69) is 17.5 Å². The van der Waals surface area contributed by atoms with Crippen molar-refractivity contribution >= 4 is 5.91 Å². The third-order valence-electron chi connectivity index (χ3n) is 3.13. The molecule has 0 aromatic heterocycles. The normalized spacial score (nSPS) is 32.6. The van der Waals surface area contributed by atoms with Crippen molar-refractivity contribution in [3.05, 3.63) is 12.2 Å². The van der Waals surface area contributed by atoms with Crippen LogP contribution in [0.4, 0.5) is 0 Å². The summed E-state index contributed by atoms with van der Waals surface area (Å²) in [7, 11) is 1.88. The lowest BCUT2D eigenvalue weighted by Gasteiger charge is -2.22. The van der Waals surface area contributed by atoms with E-state index < -0.39 is 0 Å². The number of amides is 1. The first kappa shape index (κ1) is 9.71. The average Bonchev–Trinajstić information content (AvgIpc) is 2.52. The highest BCUT2D eigenvalue weighted by Gasteiger charge is 2.30. The van der Waals surface area contributed by atoms with Crippen molar-refractivity contribution in [3.63, 3.8) is 0 Å². The molecular weight excluding hydrogens is 176 g/mol. The lowest BCUT2D eigenvalue weighted by atomic mass is 10.0. The Balaban J connectivity index is 1.85. The average molecular weight is 194 g/mol. The summed E-state index contributed by atoms with van der Waals surface area (Å²) in [6, 6.07) is 0.594. The lowest BCUT2D eigenvalue weighted by Crippen LogP contribution is -2.43. The Morgan fingerprint density at radius 3 is 2.86 bits per heavy atom. The first-order valence-electron chi connectivity index (χ1n) is 5.43. The maximum absolute atomic E-state index is 11.6. The van der Waals surface area contributed by atoms with Gasteiger partial charge in [0.05, 0.1) is 6.04 Å². The molecule has 1 N–H and O–H groups in total. The fourth-order valence-corrected chi connectivity index (χ4v) is 2.21. The van der Waals surface area contributed by atoms with Crippen LogP contribution in [0.2, 0.25) is 0 Å². The molecule has 3 nitrogen and oxygen atoms in total. The molecule has 1 aliphatic heterocycles. The van der Waals surface area contributed by atoms with Gasteiger partial charge >= 0.3 is 0 Å². The fraction of sp³-hybridized carbons (Fsp3) is 0.727. The van der Waals surface area contributed by atoms with Crippen molar-refractivity contribution in [1.82, 2.24) is 10.2 Å². The first-order chi connectivity index (χ1) is 6.77. The van der Waals surface area contributed by atoms with Crippen LogP contribution in [0.15, 0.2) is 12.2 Å². The molecule has 1 aliphatic carbocycles. The van der Waals surface area contributed by atoms with Crippen molar-refractivity contribution in [2.24, 2.45) is 0 Å². The number of likely N-dealkylation sites (N-methyl/N-ethyl adjacent to an activating group) is 1. The van der Waals surface area contributed by atoms with Gasteiger partial charge in [0.15, 0.2) is 0 Å². The van der Waals surface area contributed by atoms with Gasteiger partial charge in [-0.2, -0.15) is 0 Å². The van der Waals surface area contributed by atoms with Crippen LogP contribution in [0.5, 0.6) is 0 Å². The largest absolute Gasteiger partial charge is 0.344 e. The molecule has 2 atom stereocenters. The fourth-order valence-electron chi connectivity index (χ4n) is 2.21. The quantitative estimate of drug-likeness (QED) is 0.663. The van der Waals surface area contributed by atoms with E-state index in [1.54, 1.807) is 0 Å². The van der Waals surface area contributed by atoms with Gasteiger partial charge in [0.25, 0.3) is 0 Å². The van der Waals surface area contributed by atoms with Crippen LogP contribution in [0.25, 0.3) is 0 Å². The second-order valence-corrected chi connectivity index (χ2v) is 4.25. The Hall–Kier alpha value is -0.830. The highest BCUT2D eigenvalue weighted by Crippen LogP contribution is 2.15. The van der Waals surface area contributed by atoms with Crippen LogP contribution in [0.1, 0.15) is 25.7 Å². The molecule has 2 aliphatic rings. The Morgan fingerprint density at radius 2 is 2.29 bits per heavy atom. The van der Waals surface area contributed by atoms with Gasteiger partial charge in [0.1, 0.15) is 0 Å². The van der Waals surface area contributed by atoms with Crippen LogP contribution < -0.4 is 5.32 Å². The first-order valence-corrected chi connectivity index (χ1v) is 5.43. The van der Waals surface area contributed by atoms with Gasteiger partial charge in [-0.15, -0.1) is 0 Å². The lowest BCUT2D eigenvalue weighted by molar-refractivity contribution is -0.128. The van der Waals surface area contributed by atoms with E-state index >= 15 is 0 Å². The number of carbonyl (C=O) groups excluding carboxylic acids is 1. The summed E-state index contributed by atoms with van der Waals surface area (Å²) in [6.07, 6.45) is 8.80. The molecule has 2 rings (SSSR count). The topological polar surface area (TPSA) is 32.3 Å². The standard InChI is InChI=1S/C11H18N2O/c1-13-8-7-10(11(13)14)12-9-5-3-2-4-6-9/h2-3,9-10,12H,4-8H2,1H3. The van der Waals surface area contributed by atoms with E-state index in [0.717, 1.165) is 25.8 Å². The zero-order valence-electron chi connectivity index (χ0n) is 8.70. The zero-order valence-corrected chi connectivity index (χ0v) is 8.70. The summed E-state index contributed by atoms with van der Waals surface area (Å²) in [5.41, 5.74) is 0. The molecular formula is C11H18N2O. The Labute approximate surface area is 85.2 Å².